The second-order valence-corrected chi connectivity index (χ2v) is 6.91. The van der Waals surface area contributed by atoms with Gasteiger partial charge in [-0.2, -0.15) is 0 Å². The Bertz CT molecular complexity index is 947. The highest BCUT2D eigenvalue weighted by molar-refractivity contribution is 5.94. The molecule has 1 aromatic carbocycles. The molecule has 0 aliphatic heterocycles. The van der Waals surface area contributed by atoms with Gasteiger partial charge in [0.1, 0.15) is 12.4 Å². The van der Waals surface area contributed by atoms with Crippen LogP contribution in [0.4, 0.5) is 5.69 Å². The Morgan fingerprint density at radius 1 is 1.30 bits per heavy atom. The predicted molar refractivity (Wildman–Crippen MR) is 101 cm³/mol. The van der Waals surface area contributed by atoms with Crippen LogP contribution in [0, 0.1) is 6.92 Å². The lowest BCUT2D eigenvalue weighted by Gasteiger charge is -2.12. The summed E-state index contributed by atoms with van der Waals surface area (Å²) in [6.45, 7) is 5.16. The van der Waals surface area contributed by atoms with Crippen LogP contribution in [0.1, 0.15) is 47.7 Å². The number of ether oxygens (including phenoxy) is 1. The van der Waals surface area contributed by atoms with Gasteiger partial charge in [-0.25, -0.2) is 9.78 Å². The maximum Gasteiger partial charge on any atom is 0.338 e. The van der Waals surface area contributed by atoms with Crippen molar-refractivity contribution in [2.45, 2.75) is 52.7 Å². The molecule has 1 aliphatic carbocycles. The summed E-state index contributed by atoms with van der Waals surface area (Å²) in [7, 11) is 0. The number of fused-ring (bicyclic) bond motifs is 1. The molecule has 7 nitrogen and oxygen atoms in total. The minimum absolute atomic E-state index is 0.119. The molecule has 0 saturated heterocycles. The lowest BCUT2D eigenvalue weighted by molar-refractivity contribution is -0.116. The van der Waals surface area contributed by atoms with Gasteiger partial charge >= 0.3 is 5.97 Å². The maximum absolute atomic E-state index is 12.6. The van der Waals surface area contributed by atoms with Crippen LogP contribution in [0.5, 0.6) is 0 Å². The molecule has 142 valence electrons. The van der Waals surface area contributed by atoms with Crippen molar-refractivity contribution in [3.05, 3.63) is 57.3 Å². The number of rotatable bonds is 5. The van der Waals surface area contributed by atoms with Gasteiger partial charge in [0.2, 0.25) is 5.91 Å². The quantitative estimate of drug-likeness (QED) is 0.817. The highest BCUT2D eigenvalue weighted by atomic mass is 16.5. The van der Waals surface area contributed by atoms with Crippen LogP contribution in [0.3, 0.4) is 0 Å². The van der Waals surface area contributed by atoms with E-state index in [0.717, 1.165) is 18.5 Å². The minimum atomic E-state index is -0.448. The van der Waals surface area contributed by atoms with E-state index in [2.05, 4.69) is 10.3 Å². The van der Waals surface area contributed by atoms with Crippen LogP contribution in [0.2, 0.25) is 0 Å². The number of anilines is 1. The third-order valence-electron chi connectivity index (χ3n) is 4.41. The molecule has 0 unspecified atom stereocenters. The molecule has 0 saturated carbocycles. The Balaban J connectivity index is 1.74. The summed E-state index contributed by atoms with van der Waals surface area (Å²) in [5, 5.41) is 2.73. The fraction of sp³-hybridized carbons (Fsp3) is 0.400. The van der Waals surface area contributed by atoms with E-state index >= 15 is 0 Å². The first-order valence-corrected chi connectivity index (χ1v) is 9.05. The molecule has 7 heteroatoms. The minimum Gasteiger partial charge on any atom is -0.459 e. The molecule has 1 N–H and O–H groups in total. The largest absolute Gasteiger partial charge is 0.459 e. The zero-order valence-electron chi connectivity index (χ0n) is 15.7. The molecular weight excluding hydrogens is 346 g/mol. The monoisotopic (exact) mass is 369 g/mol. The molecule has 0 fully saturated rings. The van der Waals surface area contributed by atoms with Crippen molar-refractivity contribution in [2.24, 2.45) is 0 Å². The molecule has 0 bridgehead atoms. The van der Waals surface area contributed by atoms with Crippen LogP contribution in [-0.4, -0.2) is 27.5 Å². The number of nitrogens with zero attached hydrogens (tertiary/aromatic N) is 2. The normalized spacial score (nSPS) is 12.7. The molecule has 27 heavy (non-hydrogen) atoms. The van der Waals surface area contributed by atoms with Crippen LogP contribution >= 0.6 is 0 Å². The van der Waals surface area contributed by atoms with Gasteiger partial charge in [0, 0.05) is 11.3 Å². The average molecular weight is 369 g/mol. The number of hydrogen-bond acceptors (Lipinski definition) is 5. The van der Waals surface area contributed by atoms with Gasteiger partial charge < -0.3 is 10.1 Å². The number of aryl methyl sites for hydroxylation is 2. The molecule has 0 atom stereocenters. The van der Waals surface area contributed by atoms with E-state index in [1.54, 1.807) is 45.0 Å². The van der Waals surface area contributed by atoms with Gasteiger partial charge in [0.25, 0.3) is 5.56 Å². The molecule has 1 amide bonds. The zero-order valence-corrected chi connectivity index (χ0v) is 15.7. The number of carbonyl (C=O) groups excluding carboxylic acids is 2. The number of amides is 1. The molecule has 1 aliphatic rings. The highest BCUT2D eigenvalue weighted by Crippen LogP contribution is 2.17. The lowest BCUT2D eigenvalue weighted by Crippen LogP contribution is -2.32. The van der Waals surface area contributed by atoms with Crippen molar-refractivity contribution >= 4 is 17.6 Å². The molecule has 1 heterocycles. The first-order chi connectivity index (χ1) is 12.8. The van der Waals surface area contributed by atoms with Crippen molar-refractivity contribution in [3.63, 3.8) is 0 Å². The van der Waals surface area contributed by atoms with Crippen LogP contribution < -0.4 is 10.9 Å². The number of carbonyl (C=O) groups is 2. The average Bonchev–Trinajstić information content (AvgIpc) is 3.06. The molecule has 1 aromatic heterocycles. The van der Waals surface area contributed by atoms with E-state index in [1.165, 1.54) is 4.57 Å². The van der Waals surface area contributed by atoms with Gasteiger partial charge in [-0.3, -0.25) is 14.2 Å². The van der Waals surface area contributed by atoms with Crippen LogP contribution in [0.15, 0.2) is 29.1 Å². The fourth-order valence-electron chi connectivity index (χ4n) is 3.18. The van der Waals surface area contributed by atoms with E-state index in [1.807, 2.05) is 0 Å². The number of nitrogens with one attached hydrogen (secondary N) is 1. The van der Waals surface area contributed by atoms with E-state index < -0.39 is 5.97 Å². The smallest absolute Gasteiger partial charge is 0.338 e. The van der Waals surface area contributed by atoms with Gasteiger partial charge in [-0.15, -0.1) is 0 Å². The summed E-state index contributed by atoms with van der Waals surface area (Å²) in [4.78, 5) is 41.5. The number of aromatic nitrogens is 2. The summed E-state index contributed by atoms with van der Waals surface area (Å²) in [6, 6.07) is 6.53. The molecule has 3 rings (SSSR count). The summed E-state index contributed by atoms with van der Waals surface area (Å²) < 4.78 is 6.56. The second kappa shape index (κ2) is 7.73. The first kappa shape index (κ1) is 18.8. The zero-order chi connectivity index (χ0) is 19.6. The molecule has 2 aromatic rings. The highest BCUT2D eigenvalue weighted by Gasteiger charge is 2.20. The standard InChI is InChI=1S/C20H23N3O4/c1-12(2)27-20(26)14-6-4-7-15(10-14)22-18(24)11-23-13(3)21-17-9-5-8-16(17)19(23)25/h4,6-7,10,12H,5,8-9,11H2,1-3H3,(H,22,24). The second-order valence-electron chi connectivity index (χ2n) is 6.91. The Morgan fingerprint density at radius 3 is 2.81 bits per heavy atom. The third-order valence-corrected chi connectivity index (χ3v) is 4.41. The van der Waals surface area contributed by atoms with Gasteiger partial charge in [0.05, 0.1) is 17.4 Å². The summed E-state index contributed by atoms with van der Waals surface area (Å²) in [5.41, 5.74) is 2.25. The van der Waals surface area contributed by atoms with Crippen molar-refractivity contribution in [1.82, 2.24) is 9.55 Å². The lowest BCUT2D eigenvalue weighted by atomic mass is 10.2. The maximum atomic E-state index is 12.6. The number of esters is 1. The first-order valence-electron chi connectivity index (χ1n) is 9.05. The SMILES string of the molecule is Cc1nc2c(c(=O)n1CC(=O)Nc1cccc(C(=O)OC(C)C)c1)CCC2. The molecule has 0 radical (unpaired) electrons. The summed E-state index contributed by atoms with van der Waals surface area (Å²) in [5.74, 6) is -0.268. The number of hydrogen-bond donors (Lipinski definition) is 1. The topological polar surface area (TPSA) is 90.3 Å². The van der Waals surface area contributed by atoms with Crippen molar-refractivity contribution < 1.29 is 14.3 Å². The van der Waals surface area contributed by atoms with Crippen LogP contribution in [0.25, 0.3) is 0 Å². The Hall–Kier alpha value is -2.96. The van der Waals surface area contributed by atoms with Crippen molar-refractivity contribution in [1.29, 1.82) is 0 Å². The van der Waals surface area contributed by atoms with Gasteiger partial charge in [-0.05, 0) is 58.2 Å². The predicted octanol–water partition coefficient (Wildman–Crippen LogP) is 2.24. The van der Waals surface area contributed by atoms with E-state index in [4.69, 9.17) is 4.74 Å². The number of benzene rings is 1. The molecular formula is C20H23N3O4. The van der Waals surface area contributed by atoms with E-state index in [9.17, 15) is 14.4 Å². The summed E-state index contributed by atoms with van der Waals surface area (Å²) in [6.07, 6.45) is 2.23. The van der Waals surface area contributed by atoms with Crippen molar-refractivity contribution in [3.8, 4) is 0 Å². The Morgan fingerprint density at radius 2 is 2.07 bits per heavy atom. The Kier molecular flexibility index (Phi) is 5.39. The summed E-state index contributed by atoms with van der Waals surface area (Å²) >= 11 is 0. The van der Waals surface area contributed by atoms with Gasteiger partial charge in [-0.1, -0.05) is 6.07 Å². The van der Waals surface area contributed by atoms with Crippen LogP contribution in [-0.2, 0) is 28.9 Å². The van der Waals surface area contributed by atoms with Gasteiger partial charge in [0.15, 0.2) is 0 Å². The van der Waals surface area contributed by atoms with Crippen molar-refractivity contribution in [2.75, 3.05) is 5.32 Å². The Labute approximate surface area is 157 Å². The third kappa shape index (κ3) is 4.24. The molecule has 0 spiro atoms. The van der Waals surface area contributed by atoms with E-state index in [-0.39, 0.29) is 24.1 Å². The fourth-order valence-corrected chi connectivity index (χ4v) is 3.18. The van der Waals surface area contributed by atoms with E-state index in [0.29, 0.717) is 29.1 Å².